The van der Waals surface area contributed by atoms with Gasteiger partial charge in [-0.1, -0.05) is 18.2 Å². The Hall–Kier alpha value is -3.56. The third-order valence-electron chi connectivity index (χ3n) is 6.25. The van der Waals surface area contributed by atoms with Crippen LogP contribution in [-0.2, 0) is 4.74 Å². The summed E-state index contributed by atoms with van der Waals surface area (Å²) in [5.74, 6) is 0.695. The number of aromatic carboxylic acids is 1. The van der Waals surface area contributed by atoms with Gasteiger partial charge in [0, 0.05) is 32.1 Å². The summed E-state index contributed by atoms with van der Waals surface area (Å²) in [6.45, 7) is 1.76. The second-order valence-electron chi connectivity index (χ2n) is 8.41. The van der Waals surface area contributed by atoms with Crippen LogP contribution in [0.4, 0.5) is 0 Å². The van der Waals surface area contributed by atoms with Crippen molar-refractivity contribution in [2.24, 2.45) is 0 Å². The third kappa shape index (κ3) is 4.37. The number of nitrogens with zero attached hydrogens (tertiary/aromatic N) is 3. The first-order chi connectivity index (χ1) is 16.1. The minimum absolute atomic E-state index is 0.0882. The highest BCUT2D eigenvalue weighted by Gasteiger charge is 2.31. The fourth-order valence-corrected chi connectivity index (χ4v) is 4.69. The van der Waals surface area contributed by atoms with Gasteiger partial charge in [0.05, 0.1) is 23.9 Å². The predicted molar refractivity (Wildman–Crippen MR) is 125 cm³/mol. The maximum atomic E-state index is 11.4. The van der Waals surface area contributed by atoms with Gasteiger partial charge in [-0.05, 0) is 48.8 Å². The van der Waals surface area contributed by atoms with Crippen LogP contribution >= 0.6 is 0 Å². The number of nitrogens with one attached hydrogen (secondary N) is 3. The van der Waals surface area contributed by atoms with Gasteiger partial charge in [0.1, 0.15) is 12.0 Å². The van der Waals surface area contributed by atoms with Gasteiger partial charge in [-0.3, -0.25) is 4.90 Å². The predicted octanol–water partition coefficient (Wildman–Crippen LogP) is 2.25. The van der Waals surface area contributed by atoms with Crippen molar-refractivity contribution in [3.8, 4) is 0 Å². The Bertz CT molecular complexity index is 1120. The molecule has 172 valence electrons. The molecule has 33 heavy (non-hydrogen) atoms. The standard InChI is InChI=1S/C24H28N6O3/c1-33-15-18-7-4-11-29(18)22-9-3-8-21(27-22)26-20-14-19(28-30-12-10-25-23(20)30)16-5-2-6-17(13-16)24(31)32/h2-3,5-6,8-10,12-14,18-19,22,26-28H,4,7,11,15H2,1H3,(H,31,32). The molecule has 0 bridgehead atoms. The number of likely N-dealkylation sites (tertiary alicyclic amines) is 1. The average Bonchev–Trinajstić information content (AvgIpc) is 3.49. The van der Waals surface area contributed by atoms with Gasteiger partial charge in [0.2, 0.25) is 0 Å². The first-order valence-corrected chi connectivity index (χ1v) is 11.1. The van der Waals surface area contributed by atoms with Crippen molar-refractivity contribution in [3.63, 3.8) is 0 Å². The molecule has 5 rings (SSSR count). The van der Waals surface area contributed by atoms with Crippen LogP contribution < -0.4 is 16.1 Å². The minimum Gasteiger partial charge on any atom is -0.478 e. The summed E-state index contributed by atoms with van der Waals surface area (Å²) in [5, 5.41) is 16.5. The summed E-state index contributed by atoms with van der Waals surface area (Å²) >= 11 is 0. The zero-order valence-corrected chi connectivity index (χ0v) is 18.4. The SMILES string of the molecule is COCC1CCCN1C1C=CC=C(NC2=CC(c3cccc(C(=O)O)c3)Nn3ccnc32)N1. The maximum Gasteiger partial charge on any atom is 0.335 e. The van der Waals surface area contributed by atoms with E-state index in [2.05, 4.69) is 38.1 Å². The largest absolute Gasteiger partial charge is 0.478 e. The lowest BCUT2D eigenvalue weighted by Gasteiger charge is -2.35. The molecule has 1 fully saturated rings. The number of fused-ring (bicyclic) bond motifs is 1. The Labute approximate surface area is 192 Å². The molecule has 3 aliphatic rings. The van der Waals surface area contributed by atoms with Gasteiger partial charge in [0.25, 0.3) is 0 Å². The van der Waals surface area contributed by atoms with Crippen molar-refractivity contribution in [1.29, 1.82) is 0 Å². The topological polar surface area (TPSA) is 104 Å². The first-order valence-electron chi connectivity index (χ1n) is 11.1. The van der Waals surface area contributed by atoms with Crippen molar-refractivity contribution in [2.75, 3.05) is 25.7 Å². The number of hydrogen-bond donors (Lipinski definition) is 4. The molecule has 0 spiro atoms. The molecule has 0 radical (unpaired) electrons. The van der Waals surface area contributed by atoms with Gasteiger partial charge in [-0.2, -0.15) is 0 Å². The summed E-state index contributed by atoms with van der Waals surface area (Å²) in [7, 11) is 1.75. The van der Waals surface area contributed by atoms with E-state index in [-0.39, 0.29) is 17.8 Å². The molecule has 0 saturated carbocycles. The van der Waals surface area contributed by atoms with Gasteiger partial charge < -0.3 is 25.9 Å². The average molecular weight is 449 g/mol. The van der Waals surface area contributed by atoms with E-state index in [9.17, 15) is 9.90 Å². The number of carboxylic acid groups (broad SMARTS) is 1. The molecular formula is C24H28N6O3. The molecule has 9 heteroatoms. The van der Waals surface area contributed by atoms with E-state index >= 15 is 0 Å². The molecule has 4 heterocycles. The van der Waals surface area contributed by atoms with Gasteiger partial charge in [0.15, 0.2) is 5.82 Å². The number of methoxy groups -OCH3 is 1. The van der Waals surface area contributed by atoms with Crippen LogP contribution in [-0.4, -0.2) is 58.1 Å². The summed E-state index contributed by atoms with van der Waals surface area (Å²) in [6, 6.07) is 7.15. The zero-order chi connectivity index (χ0) is 22.8. The highest BCUT2D eigenvalue weighted by Crippen LogP contribution is 2.27. The lowest BCUT2D eigenvalue weighted by Crippen LogP contribution is -2.50. The van der Waals surface area contributed by atoms with E-state index in [1.54, 1.807) is 31.5 Å². The summed E-state index contributed by atoms with van der Waals surface area (Å²) in [6.07, 6.45) is 14.2. The number of ether oxygens (including phenoxy) is 1. The molecular weight excluding hydrogens is 420 g/mol. The van der Waals surface area contributed by atoms with Crippen molar-refractivity contribution in [2.45, 2.75) is 31.1 Å². The fraction of sp³-hybridized carbons (Fsp3) is 0.333. The molecule has 3 aliphatic heterocycles. The number of carboxylic acids is 1. The molecule has 0 amide bonds. The Morgan fingerprint density at radius 1 is 1.39 bits per heavy atom. The highest BCUT2D eigenvalue weighted by atomic mass is 16.5. The Morgan fingerprint density at radius 3 is 3.15 bits per heavy atom. The van der Waals surface area contributed by atoms with Crippen molar-refractivity contribution in [1.82, 2.24) is 25.2 Å². The van der Waals surface area contributed by atoms with Crippen molar-refractivity contribution in [3.05, 3.63) is 83.7 Å². The van der Waals surface area contributed by atoms with Gasteiger partial charge in [-0.15, -0.1) is 0 Å². The number of benzene rings is 1. The summed E-state index contributed by atoms with van der Waals surface area (Å²) in [4.78, 5) is 18.3. The summed E-state index contributed by atoms with van der Waals surface area (Å²) < 4.78 is 7.27. The van der Waals surface area contributed by atoms with Crippen LogP contribution in [0.1, 0.15) is 40.6 Å². The number of carbonyl (C=O) groups is 1. The molecule has 4 N–H and O–H groups in total. The second kappa shape index (κ2) is 9.13. The number of allylic oxidation sites excluding steroid dienone is 2. The van der Waals surface area contributed by atoms with Crippen molar-refractivity contribution >= 4 is 11.7 Å². The second-order valence-corrected chi connectivity index (χ2v) is 8.41. The molecule has 0 aliphatic carbocycles. The molecule has 2 aromatic rings. The smallest absolute Gasteiger partial charge is 0.335 e. The van der Waals surface area contributed by atoms with E-state index in [4.69, 9.17) is 4.74 Å². The van der Waals surface area contributed by atoms with E-state index in [0.29, 0.717) is 6.04 Å². The van der Waals surface area contributed by atoms with Crippen LogP contribution in [0.15, 0.2) is 66.8 Å². The third-order valence-corrected chi connectivity index (χ3v) is 6.25. The molecule has 1 saturated heterocycles. The molecule has 9 nitrogen and oxygen atoms in total. The fourth-order valence-electron chi connectivity index (χ4n) is 4.69. The Morgan fingerprint density at radius 2 is 2.30 bits per heavy atom. The first kappa shape index (κ1) is 21.3. The minimum atomic E-state index is -0.943. The number of dihydropyridines is 1. The van der Waals surface area contributed by atoms with Gasteiger partial charge >= 0.3 is 5.97 Å². The number of imidazole rings is 1. The Kier molecular flexibility index (Phi) is 5.89. The lowest BCUT2D eigenvalue weighted by atomic mass is 10.0. The normalized spacial score (nSPS) is 24.3. The molecule has 3 unspecified atom stereocenters. The van der Waals surface area contributed by atoms with Crippen LogP contribution in [0.3, 0.4) is 0 Å². The number of hydrogen-bond acceptors (Lipinski definition) is 7. The van der Waals surface area contributed by atoms with E-state index in [0.717, 1.165) is 48.9 Å². The molecule has 1 aromatic carbocycles. The Balaban J connectivity index is 1.36. The van der Waals surface area contributed by atoms with E-state index in [1.165, 1.54) is 0 Å². The van der Waals surface area contributed by atoms with Crippen LogP contribution in [0, 0.1) is 0 Å². The molecule has 1 aromatic heterocycles. The quantitative estimate of drug-likeness (QED) is 0.512. The highest BCUT2D eigenvalue weighted by molar-refractivity contribution is 5.87. The van der Waals surface area contributed by atoms with Crippen LogP contribution in [0.2, 0.25) is 0 Å². The van der Waals surface area contributed by atoms with E-state index < -0.39 is 5.97 Å². The lowest BCUT2D eigenvalue weighted by molar-refractivity contribution is 0.0696. The zero-order valence-electron chi connectivity index (χ0n) is 18.4. The maximum absolute atomic E-state index is 11.4. The number of rotatable bonds is 7. The van der Waals surface area contributed by atoms with E-state index in [1.807, 2.05) is 29.1 Å². The van der Waals surface area contributed by atoms with Gasteiger partial charge in [-0.25, -0.2) is 14.5 Å². The molecule has 3 atom stereocenters. The monoisotopic (exact) mass is 448 g/mol. The summed E-state index contributed by atoms with van der Waals surface area (Å²) in [5.41, 5.74) is 5.33. The number of aromatic nitrogens is 2. The van der Waals surface area contributed by atoms with Crippen molar-refractivity contribution < 1.29 is 14.6 Å². The van der Waals surface area contributed by atoms with Crippen LogP contribution in [0.25, 0.3) is 5.70 Å². The van der Waals surface area contributed by atoms with Crippen LogP contribution in [0.5, 0.6) is 0 Å².